The number of halogens is 2. The molecule has 1 aliphatic rings. The monoisotopic (exact) mass is 598 g/mol. The Kier molecular flexibility index (Phi) is 7.97. The van der Waals surface area contributed by atoms with Crippen molar-refractivity contribution >= 4 is 63.7 Å². The van der Waals surface area contributed by atoms with Crippen LogP contribution in [0.3, 0.4) is 0 Å². The summed E-state index contributed by atoms with van der Waals surface area (Å²) >= 11 is 11.9. The maximum atomic E-state index is 12.1. The summed E-state index contributed by atoms with van der Waals surface area (Å²) in [6.07, 6.45) is -3.51. The van der Waals surface area contributed by atoms with E-state index >= 15 is 0 Å². The first-order chi connectivity index (χ1) is 16.0. The van der Waals surface area contributed by atoms with Crippen LogP contribution in [-0.4, -0.2) is 62.9 Å². The van der Waals surface area contributed by atoms with Gasteiger partial charge in [-0.3, -0.25) is 14.3 Å². The van der Waals surface area contributed by atoms with Crippen LogP contribution in [0.5, 0.6) is 0 Å². The zero-order chi connectivity index (χ0) is 26.4. The standard InChI is InChI=1S/C13H15Cl2N4O13P3/c14-3-2-13(15)8(20)7(5-29-34(25,26)32-35(27,28)31-33(22,23)24)30-11(13)19-4-1-6-9(19)17-12(16)18-10(6)21/h1,4,7-8,11,20H,5H2,(H,25,26)(H,27,28)(H2,22,23,24)(H3,16,17,18,21)/t7-,8+,11-,13?/m1/s1. The molecule has 0 saturated carbocycles. The van der Waals surface area contributed by atoms with E-state index in [1.807, 2.05) is 5.38 Å². The Bertz CT molecular complexity index is 1400. The summed E-state index contributed by atoms with van der Waals surface area (Å²) in [6.45, 7) is -1.03. The molecule has 8 N–H and O–H groups in total. The number of H-pyrrole nitrogens is 1. The number of rotatable bonds is 8. The van der Waals surface area contributed by atoms with Crippen molar-refractivity contribution in [3.05, 3.63) is 22.6 Å². The first-order valence-corrected chi connectivity index (χ1v) is 14.1. The summed E-state index contributed by atoms with van der Waals surface area (Å²) < 4.78 is 52.6. The normalized spacial score (nSPS) is 28.3. The molecule has 0 aromatic carbocycles. The van der Waals surface area contributed by atoms with Gasteiger partial charge in [-0.1, -0.05) is 17.5 Å². The van der Waals surface area contributed by atoms with Gasteiger partial charge in [0.2, 0.25) is 5.95 Å². The number of phosphoric ester groups is 1. The molecule has 1 fully saturated rings. The number of anilines is 1. The molecule has 194 valence electrons. The van der Waals surface area contributed by atoms with Crippen molar-refractivity contribution in [3.63, 3.8) is 0 Å². The number of nitrogens with two attached hydrogens (primary N) is 1. The third-order valence-electron chi connectivity index (χ3n) is 4.35. The second-order valence-corrected chi connectivity index (χ2v) is 12.0. The second kappa shape index (κ2) is 9.86. The average molecular weight is 599 g/mol. The van der Waals surface area contributed by atoms with Crippen LogP contribution in [0.4, 0.5) is 5.95 Å². The molecule has 17 nitrogen and oxygen atoms in total. The smallest absolute Gasteiger partial charge is 0.387 e. The quantitative estimate of drug-likeness (QED) is 0.120. The minimum Gasteiger partial charge on any atom is -0.387 e. The molecule has 0 bridgehead atoms. The fourth-order valence-electron chi connectivity index (χ4n) is 3.08. The second-order valence-electron chi connectivity index (χ2n) is 6.76. The van der Waals surface area contributed by atoms with Crippen LogP contribution < -0.4 is 11.3 Å². The van der Waals surface area contributed by atoms with Crippen LogP contribution in [0.2, 0.25) is 0 Å². The molecular weight excluding hydrogens is 584 g/mol. The Balaban J connectivity index is 1.87. The van der Waals surface area contributed by atoms with Crippen LogP contribution in [0.1, 0.15) is 6.23 Å². The number of ether oxygens (including phenoxy) is 1. The zero-order valence-corrected chi connectivity index (χ0v) is 20.9. The molecule has 2 aromatic rings. The van der Waals surface area contributed by atoms with Crippen LogP contribution in [0.15, 0.2) is 17.1 Å². The molecule has 35 heavy (non-hydrogen) atoms. The first kappa shape index (κ1) is 28.3. The molecule has 0 aliphatic carbocycles. The Hall–Kier alpha value is -1.31. The van der Waals surface area contributed by atoms with E-state index in [9.17, 15) is 33.4 Å². The molecule has 0 spiro atoms. The third-order valence-corrected chi connectivity index (χ3v) is 8.76. The van der Waals surface area contributed by atoms with E-state index in [4.69, 9.17) is 43.5 Å². The first-order valence-electron chi connectivity index (χ1n) is 8.78. The highest BCUT2D eigenvalue weighted by molar-refractivity contribution is 7.66. The van der Waals surface area contributed by atoms with E-state index < -0.39 is 58.9 Å². The lowest BCUT2D eigenvalue weighted by Crippen LogP contribution is -2.41. The molecule has 1 saturated heterocycles. The van der Waals surface area contributed by atoms with E-state index in [0.29, 0.717) is 0 Å². The van der Waals surface area contributed by atoms with Crippen molar-refractivity contribution in [2.45, 2.75) is 23.3 Å². The van der Waals surface area contributed by atoms with Crippen LogP contribution in [0.25, 0.3) is 11.0 Å². The molecule has 0 radical (unpaired) electrons. The molecular formula is C13H15Cl2N4O13P3. The number of nitrogen functional groups attached to an aromatic ring is 1. The van der Waals surface area contributed by atoms with Crippen molar-refractivity contribution in [3.8, 4) is 11.3 Å². The molecule has 6 atom stereocenters. The Morgan fingerprint density at radius 1 is 1.26 bits per heavy atom. The van der Waals surface area contributed by atoms with Gasteiger partial charge < -0.3 is 39.7 Å². The van der Waals surface area contributed by atoms with Gasteiger partial charge in [-0.05, 0) is 17.7 Å². The van der Waals surface area contributed by atoms with Crippen molar-refractivity contribution in [1.29, 1.82) is 0 Å². The number of aliphatic hydroxyl groups is 1. The van der Waals surface area contributed by atoms with E-state index in [0.717, 1.165) is 0 Å². The van der Waals surface area contributed by atoms with Gasteiger partial charge in [0.15, 0.2) is 16.7 Å². The van der Waals surface area contributed by atoms with Crippen LogP contribution >= 0.6 is 46.7 Å². The van der Waals surface area contributed by atoms with Gasteiger partial charge in [-0.2, -0.15) is 13.6 Å². The van der Waals surface area contributed by atoms with Crippen molar-refractivity contribution in [1.82, 2.24) is 14.5 Å². The number of aliphatic hydroxyl groups excluding tert-OH is 1. The molecule has 22 heteroatoms. The minimum atomic E-state index is -5.76. The number of nitrogens with zero attached hydrogens (tertiary/aromatic N) is 2. The van der Waals surface area contributed by atoms with Crippen molar-refractivity contribution < 1.29 is 56.3 Å². The number of aromatic amines is 1. The van der Waals surface area contributed by atoms with E-state index in [-0.39, 0.29) is 17.0 Å². The zero-order valence-electron chi connectivity index (χ0n) is 16.7. The van der Waals surface area contributed by atoms with Gasteiger partial charge in [0.05, 0.1) is 12.0 Å². The number of hydrogen-bond donors (Lipinski definition) is 7. The number of fused-ring (bicyclic) bond motifs is 1. The van der Waals surface area contributed by atoms with E-state index in [1.165, 1.54) is 16.8 Å². The number of hydrogen-bond acceptors (Lipinski definition) is 11. The molecule has 0 amide bonds. The van der Waals surface area contributed by atoms with Gasteiger partial charge >= 0.3 is 23.5 Å². The number of aromatic nitrogens is 3. The number of alkyl halides is 1. The third kappa shape index (κ3) is 6.34. The molecule has 3 heterocycles. The Morgan fingerprint density at radius 2 is 1.91 bits per heavy atom. The summed E-state index contributed by atoms with van der Waals surface area (Å²) in [4.78, 5) is 52.3. The predicted octanol–water partition coefficient (Wildman–Crippen LogP) is 0.0857. The summed E-state index contributed by atoms with van der Waals surface area (Å²) in [5, 5.41) is 12.7. The largest absolute Gasteiger partial charge is 0.490 e. The molecule has 1 aliphatic heterocycles. The van der Waals surface area contributed by atoms with Gasteiger partial charge in [0.25, 0.3) is 5.56 Å². The molecule has 3 rings (SSSR count). The fourth-order valence-corrected chi connectivity index (χ4v) is 6.66. The maximum Gasteiger partial charge on any atom is 0.490 e. The van der Waals surface area contributed by atoms with Gasteiger partial charge in [0.1, 0.15) is 12.2 Å². The molecule has 2 aromatic heterocycles. The lowest BCUT2D eigenvalue weighted by Gasteiger charge is -2.25. The lowest BCUT2D eigenvalue weighted by atomic mass is 9.99. The summed E-state index contributed by atoms with van der Waals surface area (Å²) in [6, 6.07) is 1.33. The minimum absolute atomic E-state index is 0.0293. The Labute approximate surface area is 204 Å². The number of nitrogens with one attached hydrogen (secondary N) is 1. The van der Waals surface area contributed by atoms with Crippen LogP contribution in [0, 0.1) is 11.3 Å². The van der Waals surface area contributed by atoms with Gasteiger partial charge in [-0.15, -0.1) is 0 Å². The SMILES string of the molecule is Nc1nc2c(ccn2[C@@H]2O[C@H](COP(=O)(O)OP(=O)(O)OP(=O)(O)O)[C@H](O)C2(Cl)C#CCl)c(=O)[nH]1. The summed E-state index contributed by atoms with van der Waals surface area (Å²) in [5.74, 6) is 2.07. The predicted molar refractivity (Wildman–Crippen MR) is 117 cm³/mol. The van der Waals surface area contributed by atoms with Crippen molar-refractivity contribution in [2.24, 2.45) is 0 Å². The summed E-state index contributed by atoms with van der Waals surface area (Å²) in [7, 11) is -16.9. The lowest BCUT2D eigenvalue weighted by molar-refractivity contribution is -0.0426. The van der Waals surface area contributed by atoms with Crippen molar-refractivity contribution in [2.75, 3.05) is 12.3 Å². The topological polar surface area (TPSA) is 266 Å². The van der Waals surface area contributed by atoms with E-state index in [1.54, 1.807) is 0 Å². The highest BCUT2D eigenvalue weighted by atomic mass is 35.5. The van der Waals surface area contributed by atoms with Gasteiger partial charge in [0, 0.05) is 11.6 Å². The fraction of sp³-hybridized carbons (Fsp3) is 0.385. The molecule has 3 unspecified atom stereocenters. The van der Waals surface area contributed by atoms with Crippen LogP contribution in [-0.2, 0) is 31.6 Å². The highest BCUT2D eigenvalue weighted by Gasteiger charge is 2.56. The maximum absolute atomic E-state index is 12.1. The highest BCUT2D eigenvalue weighted by Crippen LogP contribution is 2.66. The average Bonchev–Trinajstić information content (AvgIpc) is 3.17. The summed E-state index contributed by atoms with van der Waals surface area (Å²) in [5.41, 5.74) is 4.94. The van der Waals surface area contributed by atoms with Gasteiger partial charge in [-0.25, -0.2) is 13.7 Å². The van der Waals surface area contributed by atoms with E-state index in [2.05, 4.69) is 29.0 Å². The number of phosphoric acid groups is 3. The Morgan fingerprint density at radius 3 is 2.51 bits per heavy atom.